The van der Waals surface area contributed by atoms with Crippen molar-refractivity contribution in [1.82, 2.24) is 9.97 Å². The number of aromatic nitrogens is 2. The highest BCUT2D eigenvalue weighted by atomic mass is 35.5. The summed E-state index contributed by atoms with van der Waals surface area (Å²) in [5.74, 6) is 0.361. The van der Waals surface area contributed by atoms with Crippen molar-refractivity contribution in [3.63, 3.8) is 0 Å². The van der Waals surface area contributed by atoms with Gasteiger partial charge < -0.3 is 23.9 Å². The predicted octanol–water partition coefficient (Wildman–Crippen LogP) is 6.88. The fourth-order valence-electron chi connectivity index (χ4n) is 4.97. The van der Waals surface area contributed by atoms with Gasteiger partial charge >= 0.3 is 7.41 Å². The van der Waals surface area contributed by atoms with Crippen molar-refractivity contribution in [2.45, 2.75) is 58.2 Å². The Morgan fingerprint density at radius 2 is 1.98 bits per heavy atom. The van der Waals surface area contributed by atoms with Crippen molar-refractivity contribution in [2.75, 3.05) is 36.6 Å². The molecule has 0 fully saturated rings. The summed E-state index contributed by atoms with van der Waals surface area (Å²) < 4.78 is 19.3. The summed E-state index contributed by atoms with van der Waals surface area (Å²) in [6.07, 6.45) is 2.41. The van der Waals surface area contributed by atoms with Crippen LogP contribution < -0.4 is 15.4 Å². The Morgan fingerprint density at radius 3 is 2.58 bits per heavy atom. The van der Waals surface area contributed by atoms with Crippen molar-refractivity contribution in [2.24, 2.45) is 0 Å². The molecule has 1 aliphatic heterocycles. The van der Waals surface area contributed by atoms with E-state index < -0.39 is 20.9 Å². The van der Waals surface area contributed by atoms with Crippen molar-refractivity contribution in [1.29, 1.82) is 5.26 Å². The van der Waals surface area contributed by atoms with E-state index in [1.54, 1.807) is 37.7 Å². The molecule has 225 valence electrons. The lowest BCUT2D eigenvalue weighted by molar-refractivity contribution is 0.219. The molecule has 1 N–H and O–H groups in total. The smallest absolute Gasteiger partial charge is 0.329 e. The number of hydrogen-bond donors (Lipinski definition) is 1. The summed E-state index contributed by atoms with van der Waals surface area (Å²) in [6, 6.07) is 11.6. The number of carbonyl (C=O) groups is 1. The van der Waals surface area contributed by atoms with E-state index in [1.165, 1.54) is 7.41 Å². The zero-order valence-corrected chi connectivity index (χ0v) is 29.0. The van der Waals surface area contributed by atoms with Gasteiger partial charge in [0.2, 0.25) is 5.95 Å². The van der Waals surface area contributed by atoms with E-state index in [9.17, 15) is 14.6 Å². The fraction of sp³-hybridized carbons (Fsp3) is 0.419. The Hall–Kier alpha value is -2.96. The van der Waals surface area contributed by atoms with Crippen molar-refractivity contribution in [3.05, 3.63) is 58.2 Å². The number of benzene rings is 2. The molecular weight excluding hydrogens is 596 g/mol. The van der Waals surface area contributed by atoms with Crippen LogP contribution in [0.1, 0.15) is 44.4 Å². The molecule has 1 aliphatic rings. The Labute approximate surface area is 262 Å². The molecule has 0 saturated heterocycles. The van der Waals surface area contributed by atoms with Crippen LogP contribution in [0.25, 0.3) is 11.3 Å². The lowest BCUT2D eigenvalue weighted by atomic mass is 9.83. The third kappa shape index (κ3) is 6.76. The average molecular weight is 635 g/mol. The summed E-state index contributed by atoms with van der Waals surface area (Å²) in [4.78, 5) is 22.6. The van der Waals surface area contributed by atoms with Crippen molar-refractivity contribution < 1.29 is 13.8 Å². The van der Waals surface area contributed by atoms with Gasteiger partial charge in [-0.15, -0.1) is 0 Å². The summed E-state index contributed by atoms with van der Waals surface area (Å²) in [7, 11) is -3.12. The zero-order valence-electron chi connectivity index (χ0n) is 26.4. The molecule has 2 aromatic carbocycles. The quantitative estimate of drug-likeness (QED) is 0.154. The molecule has 43 heavy (non-hydrogen) atoms. The average Bonchev–Trinajstić information content (AvgIpc) is 3.19. The minimum absolute atomic E-state index is 0.0407. The largest absolute Gasteiger partial charge is 0.416 e. The number of anilines is 3. The van der Waals surface area contributed by atoms with E-state index in [0.717, 1.165) is 28.6 Å². The predicted molar refractivity (Wildman–Crippen MR) is 181 cm³/mol. The number of hydrogen-bond acceptors (Lipinski definition) is 8. The molecule has 0 bridgehead atoms. The first-order valence-corrected chi connectivity index (χ1v) is 20.0. The van der Waals surface area contributed by atoms with Crippen LogP contribution in [0.2, 0.25) is 23.2 Å². The third-order valence-electron chi connectivity index (χ3n) is 8.56. The molecule has 1 atom stereocenters. The highest BCUT2D eigenvalue weighted by molar-refractivity contribution is 7.70. The number of aryl methyl sites for hydroxylation is 1. The van der Waals surface area contributed by atoms with Crippen LogP contribution in [0.15, 0.2) is 36.5 Å². The van der Waals surface area contributed by atoms with E-state index in [2.05, 4.69) is 57.2 Å². The van der Waals surface area contributed by atoms with Crippen LogP contribution >= 0.6 is 18.7 Å². The second kappa shape index (κ2) is 11.9. The Kier molecular flexibility index (Phi) is 9.08. The number of halogens is 1. The van der Waals surface area contributed by atoms with Gasteiger partial charge in [0.25, 0.3) is 0 Å². The number of nitrogens with one attached hydrogen (secondary N) is 1. The molecule has 8 nitrogen and oxygen atoms in total. The van der Waals surface area contributed by atoms with Crippen LogP contribution in [0, 0.1) is 18.3 Å². The first kappa shape index (κ1) is 32.9. The third-order valence-corrected chi connectivity index (χ3v) is 15.0. The van der Waals surface area contributed by atoms with Crippen LogP contribution in [-0.4, -0.2) is 58.4 Å². The summed E-state index contributed by atoms with van der Waals surface area (Å²) in [6.45, 7) is 19.5. The fourth-order valence-corrected chi connectivity index (χ4v) is 7.94. The van der Waals surface area contributed by atoms with E-state index in [1.807, 2.05) is 23.9 Å². The highest BCUT2D eigenvalue weighted by Gasteiger charge is 2.44. The molecular formula is C31H39BClN5O3PSi. The second-order valence-electron chi connectivity index (χ2n) is 13.4. The number of rotatable bonds is 9. The topological polar surface area (TPSA) is 108 Å². The highest BCUT2D eigenvalue weighted by Crippen LogP contribution is 2.46. The van der Waals surface area contributed by atoms with Gasteiger partial charge in [0.05, 0.1) is 16.3 Å². The summed E-state index contributed by atoms with van der Waals surface area (Å²) in [5.41, 5.74) is 4.62. The first-order chi connectivity index (χ1) is 19.9. The summed E-state index contributed by atoms with van der Waals surface area (Å²) >= 11 is 6.49. The normalized spacial score (nSPS) is 16.9. The number of fused-ring (bicyclic) bond motifs is 1. The van der Waals surface area contributed by atoms with E-state index in [4.69, 9.17) is 21.0 Å². The van der Waals surface area contributed by atoms with Gasteiger partial charge in [-0.05, 0) is 79.8 Å². The van der Waals surface area contributed by atoms with Gasteiger partial charge in [0.1, 0.15) is 19.4 Å². The van der Waals surface area contributed by atoms with Gasteiger partial charge in [0.15, 0.2) is 8.32 Å². The van der Waals surface area contributed by atoms with E-state index in [-0.39, 0.29) is 5.04 Å². The minimum Gasteiger partial charge on any atom is -0.416 e. The molecule has 0 unspecified atom stereocenters. The minimum atomic E-state index is -2.54. The lowest BCUT2D eigenvalue weighted by Crippen LogP contribution is -2.46. The van der Waals surface area contributed by atoms with Crippen LogP contribution in [0.5, 0.6) is 0 Å². The standard InChI is InChI=1S/C31H39BClN5O3PSi/c1-20-12-27(42(6,7)40)24(33)15-26(20)37-29-35-11-10-25(36-29)21-13-22(16-34)28-23(14-21)31(5,17-38(28)32-19-39)18-41-43(8,9)30(2,3)4/h10-15,19H,17-18H2,1-9H3,(H,35,36,37)/t31-/m1/s1. The van der Waals surface area contributed by atoms with Crippen molar-refractivity contribution in [3.8, 4) is 17.3 Å². The van der Waals surface area contributed by atoms with Crippen LogP contribution in [0.3, 0.4) is 0 Å². The molecule has 0 saturated carbocycles. The van der Waals surface area contributed by atoms with E-state index >= 15 is 0 Å². The zero-order chi connectivity index (χ0) is 32.0. The second-order valence-corrected chi connectivity index (χ2v) is 21.8. The van der Waals surface area contributed by atoms with Gasteiger partial charge in [-0.3, -0.25) is 0 Å². The Morgan fingerprint density at radius 1 is 1.28 bits per heavy atom. The van der Waals surface area contributed by atoms with Crippen molar-refractivity contribution >= 4 is 63.3 Å². The van der Waals surface area contributed by atoms with Gasteiger partial charge in [-0.2, -0.15) is 5.26 Å². The molecule has 1 radical (unpaired) electrons. The maximum Gasteiger partial charge on any atom is 0.329 e. The SMILES string of the molecule is Cc1cc(P(C)(C)=O)c(Cl)cc1Nc1nccc(-c2cc(C#N)c3c(c2)[C@@](C)(CO[Si](C)(C)C(C)(C)C)CN3[B]C=O)n1. The monoisotopic (exact) mass is 634 g/mol. The number of carbonyl (C=O) groups excluding carboxylic acids is 1. The molecule has 0 spiro atoms. The van der Waals surface area contributed by atoms with Gasteiger partial charge in [0, 0.05) is 47.0 Å². The number of nitrogens with zero attached hydrogens (tertiary/aromatic N) is 4. The number of nitriles is 1. The maximum absolute atomic E-state index is 12.6. The van der Waals surface area contributed by atoms with E-state index in [0.29, 0.717) is 46.4 Å². The molecule has 3 aromatic rings. The molecule has 0 aliphatic carbocycles. The van der Waals surface area contributed by atoms with Crippen LogP contribution in [0.4, 0.5) is 17.3 Å². The molecule has 1 aromatic heterocycles. The van der Waals surface area contributed by atoms with Gasteiger partial charge in [-0.1, -0.05) is 39.3 Å². The molecule has 12 heteroatoms. The maximum atomic E-state index is 12.6. The lowest BCUT2D eigenvalue weighted by Gasteiger charge is -2.39. The summed E-state index contributed by atoms with van der Waals surface area (Å²) in [5, 5.41) is 14.5. The molecule has 0 amide bonds. The molecule has 2 heterocycles. The van der Waals surface area contributed by atoms with Gasteiger partial charge in [-0.25, -0.2) is 9.97 Å². The Balaban J connectivity index is 1.75. The van der Waals surface area contributed by atoms with Crippen LogP contribution in [-0.2, 0) is 19.2 Å². The first-order valence-electron chi connectivity index (χ1n) is 14.1. The molecule has 4 rings (SSSR count). The Bertz CT molecular complexity index is 1670.